The molecule has 2 aliphatic rings. The number of fused-ring (bicyclic) bond motifs is 2. The van der Waals surface area contributed by atoms with Gasteiger partial charge in [-0.1, -0.05) is 0 Å². The third-order valence-electron chi connectivity index (χ3n) is 3.11. The molecule has 0 aliphatic carbocycles. The van der Waals surface area contributed by atoms with E-state index in [1.165, 1.54) is 0 Å². The minimum Gasteiger partial charge on any atom is -0.394 e. The topological polar surface area (TPSA) is 58.6 Å². The van der Waals surface area contributed by atoms with Crippen LogP contribution in [0.5, 0.6) is 0 Å². The zero-order valence-electron chi connectivity index (χ0n) is 8.40. The normalized spacial score (nSPS) is 37.1. The Morgan fingerprint density at radius 1 is 1.64 bits per heavy atom. The molecule has 2 bridgehead atoms. The highest BCUT2D eigenvalue weighted by Crippen LogP contribution is 2.38. The Hall–Kier alpha value is -0.610. The average molecular weight is 199 g/mol. The van der Waals surface area contributed by atoms with E-state index in [-0.39, 0.29) is 30.6 Å². The lowest BCUT2D eigenvalue weighted by Gasteiger charge is -2.20. The second kappa shape index (κ2) is 3.87. The molecule has 3 unspecified atom stereocenters. The molecule has 0 aromatic carbocycles. The fourth-order valence-corrected chi connectivity index (χ4v) is 2.31. The van der Waals surface area contributed by atoms with Gasteiger partial charge in [0.1, 0.15) is 0 Å². The number of aliphatic hydroxyl groups excluding tert-OH is 1. The Morgan fingerprint density at radius 3 is 2.93 bits per heavy atom. The largest absolute Gasteiger partial charge is 0.394 e. The van der Waals surface area contributed by atoms with Crippen LogP contribution in [0.3, 0.4) is 0 Å². The van der Waals surface area contributed by atoms with E-state index < -0.39 is 0 Å². The van der Waals surface area contributed by atoms with Gasteiger partial charge in [0.25, 0.3) is 0 Å². The van der Waals surface area contributed by atoms with Crippen molar-refractivity contribution >= 4 is 5.91 Å². The summed E-state index contributed by atoms with van der Waals surface area (Å²) in [6.45, 7) is 1.79. The number of ether oxygens (including phenoxy) is 1. The lowest BCUT2D eigenvalue weighted by molar-refractivity contribution is -0.127. The highest BCUT2D eigenvalue weighted by Gasteiger charge is 2.44. The number of amides is 1. The van der Waals surface area contributed by atoms with Crippen molar-refractivity contribution in [1.29, 1.82) is 0 Å². The minimum atomic E-state index is -0.151. The maximum absolute atomic E-state index is 11.7. The Bertz CT molecular complexity index is 231. The van der Waals surface area contributed by atoms with Crippen molar-refractivity contribution in [3.63, 3.8) is 0 Å². The van der Waals surface area contributed by atoms with Gasteiger partial charge >= 0.3 is 0 Å². The van der Waals surface area contributed by atoms with Crippen LogP contribution in [0.4, 0.5) is 0 Å². The Balaban J connectivity index is 1.87. The summed E-state index contributed by atoms with van der Waals surface area (Å²) in [6.07, 6.45) is 3.40. The lowest BCUT2D eigenvalue weighted by Crippen LogP contribution is -2.42. The number of hydrogen-bond acceptors (Lipinski definition) is 3. The molecule has 2 N–H and O–H groups in total. The highest BCUT2D eigenvalue weighted by molar-refractivity contribution is 5.80. The van der Waals surface area contributed by atoms with Crippen molar-refractivity contribution < 1.29 is 14.6 Å². The van der Waals surface area contributed by atoms with E-state index in [9.17, 15) is 4.79 Å². The first kappa shape index (κ1) is 9.93. The van der Waals surface area contributed by atoms with Crippen molar-refractivity contribution in [1.82, 2.24) is 5.32 Å². The first-order chi connectivity index (χ1) is 6.70. The molecule has 0 saturated carbocycles. The summed E-state index contributed by atoms with van der Waals surface area (Å²) >= 11 is 0. The summed E-state index contributed by atoms with van der Waals surface area (Å²) < 4.78 is 5.60. The predicted molar refractivity (Wildman–Crippen MR) is 50.7 cm³/mol. The molecule has 2 saturated heterocycles. The monoisotopic (exact) mass is 199 g/mol. The Labute approximate surface area is 83.6 Å². The second-order valence-corrected chi connectivity index (χ2v) is 4.31. The van der Waals surface area contributed by atoms with Crippen LogP contribution in [0.15, 0.2) is 0 Å². The van der Waals surface area contributed by atoms with Gasteiger partial charge in [0.15, 0.2) is 0 Å². The van der Waals surface area contributed by atoms with E-state index in [1.807, 2.05) is 0 Å². The maximum Gasteiger partial charge on any atom is 0.226 e. The summed E-state index contributed by atoms with van der Waals surface area (Å²) in [7, 11) is 0. The summed E-state index contributed by atoms with van der Waals surface area (Å²) in [5, 5.41) is 11.6. The van der Waals surface area contributed by atoms with Crippen LogP contribution >= 0.6 is 0 Å². The number of rotatable bonds is 3. The SMILES string of the molecule is C[C@H](CO)NC(=O)C1CC2CCC1O2. The zero-order valence-corrected chi connectivity index (χ0v) is 8.40. The molecular weight excluding hydrogens is 182 g/mol. The van der Waals surface area contributed by atoms with Crippen LogP contribution in [0.1, 0.15) is 26.2 Å². The van der Waals surface area contributed by atoms with E-state index in [4.69, 9.17) is 9.84 Å². The third kappa shape index (κ3) is 1.77. The van der Waals surface area contributed by atoms with Crippen LogP contribution in [0, 0.1) is 5.92 Å². The second-order valence-electron chi connectivity index (χ2n) is 4.31. The van der Waals surface area contributed by atoms with Crippen LogP contribution in [0.2, 0.25) is 0 Å². The lowest BCUT2D eigenvalue weighted by atomic mass is 9.88. The fourth-order valence-electron chi connectivity index (χ4n) is 2.31. The summed E-state index contributed by atoms with van der Waals surface area (Å²) in [5.74, 6) is 0.0569. The van der Waals surface area contributed by atoms with Gasteiger partial charge in [-0.25, -0.2) is 0 Å². The van der Waals surface area contributed by atoms with Crippen LogP contribution in [0.25, 0.3) is 0 Å². The van der Waals surface area contributed by atoms with Gasteiger partial charge in [0.2, 0.25) is 5.91 Å². The number of nitrogens with one attached hydrogen (secondary N) is 1. The van der Waals surface area contributed by atoms with E-state index >= 15 is 0 Å². The van der Waals surface area contributed by atoms with Crippen molar-refractivity contribution in [2.45, 2.75) is 44.4 Å². The zero-order chi connectivity index (χ0) is 10.1. The quantitative estimate of drug-likeness (QED) is 0.675. The molecule has 0 spiro atoms. The summed E-state index contributed by atoms with van der Waals surface area (Å²) in [5.41, 5.74) is 0. The molecule has 1 amide bonds. The molecule has 0 radical (unpaired) electrons. The van der Waals surface area contributed by atoms with Crippen LogP contribution in [-0.2, 0) is 9.53 Å². The summed E-state index contributed by atoms with van der Waals surface area (Å²) in [4.78, 5) is 11.7. The van der Waals surface area contributed by atoms with Gasteiger partial charge < -0.3 is 15.2 Å². The highest BCUT2D eigenvalue weighted by atomic mass is 16.5. The standard InChI is InChI=1S/C10H17NO3/c1-6(5-12)11-10(13)8-4-7-2-3-9(8)14-7/h6-9,12H,2-5H2,1H3,(H,11,13)/t6-,7?,8?,9?/m1/s1. The minimum absolute atomic E-state index is 0.00654. The van der Waals surface area contributed by atoms with Crippen molar-refractivity contribution in [2.75, 3.05) is 6.61 Å². The van der Waals surface area contributed by atoms with E-state index in [0.29, 0.717) is 6.10 Å². The van der Waals surface area contributed by atoms with Gasteiger partial charge in [-0.05, 0) is 26.2 Å². The third-order valence-corrected chi connectivity index (χ3v) is 3.11. The Morgan fingerprint density at radius 2 is 2.43 bits per heavy atom. The molecule has 4 heteroatoms. The molecule has 2 fully saturated rings. The molecular formula is C10H17NO3. The van der Waals surface area contributed by atoms with Gasteiger partial charge in [-0.3, -0.25) is 4.79 Å². The number of carbonyl (C=O) groups is 1. The molecule has 4 nitrogen and oxygen atoms in total. The van der Waals surface area contributed by atoms with Crippen molar-refractivity contribution in [2.24, 2.45) is 5.92 Å². The number of aliphatic hydroxyl groups is 1. The summed E-state index contributed by atoms with van der Waals surface area (Å²) in [6, 6.07) is -0.151. The molecule has 0 aromatic rings. The van der Waals surface area contributed by atoms with Gasteiger partial charge in [0, 0.05) is 6.04 Å². The first-order valence-corrected chi connectivity index (χ1v) is 5.27. The molecule has 2 aliphatic heterocycles. The Kier molecular flexibility index (Phi) is 2.74. The van der Waals surface area contributed by atoms with Crippen molar-refractivity contribution in [3.8, 4) is 0 Å². The average Bonchev–Trinajstić information content (AvgIpc) is 2.78. The van der Waals surface area contributed by atoms with Crippen LogP contribution < -0.4 is 5.32 Å². The molecule has 2 rings (SSSR count). The van der Waals surface area contributed by atoms with Gasteiger partial charge in [0.05, 0.1) is 24.7 Å². The smallest absolute Gasteiger partial charge is 0.226 e. The van der Waals surface area contributed by atoms with E-state index in [2.05, 4.69) is 5.32 Å². The molecule has 2 heterocycles. The predicted octanol–water partition coefficient (Wildman–Crippen LogP) is 0.0509. The van der Waals surface area contributed by atoms with Crippen LogP contribution in [-0.4, -0.2) is 35.9 Å². The molecule has 80 valence electrons. The molecule has 0 aromatic heterocycles. The van der Waals surface area contributed by atoms with Gasteiger partial charge in [-0.2, -0.15) is 0 Å². The first-order valence-electron chi connectivity index (χ1n) is 5.27. The van der Waals surface area contributed by atoms with E-state index in [0.717, 1.165) is 19.3 Å². The van der Waals surface area contributed by atoms with Gasteiger partial charge in [-0.15, -0.1) is 0 Å². The number of hydrogen-bond donors (Lipinski definition) is 2. The van der Waals surface area contributed by atoms with Crippen molar-refractivity contribution in [3.05, 3.63) is 0 Å². The maximum atomic E-state index is 11.7. The molecule has 4 atom stereocenters. The number of carbonyl (C=O) groups excluding carboxylic acids is 1. The van der Waals surface area contributed by atoms with E-state index in [1.54, 1.807) is 6.92 Å². The molecule has 14 heavy (non-hydrogen) atoms. The fraction of sp³-hybridized carbons (Fsp3) is 0.900.